The molecule has 5 heteroatoms. The van der Waals surface area contributed by atoms with Crippen LogP contribution in [0.25, 0.3) is 0 Å². The number of carbonyl (C=O) groups excluding carboxylic acids is 1. The van der Waals surface area contributed by atoms with E-state index in [9.17, 15) is 9.90 Å². The number of carbonyl (C=O) groups is 1. The second-order valence-electron chi connectivity index (χ2n) is 7.55. The molecule has 1 aromatic carbocycles. The predicted octanol–water partition coefficient (Wildman–Crippen LogP) is 2.03. The van der Waals surface area contributed by atoms with Gasteiger partial charge in [-0.1, -0.05) is 24.3 Å². The molecule has 1 saturated heterocycles. The molecule has 5 nitrogen and oxygen atoms in total. The number of aliphatic hydroxyl groups is 1. The highest BCUT2D eigenvalue weighted by Gasteiger charge is 2.30. The Morgan fingerprint density at radius 1 is 1.36 bits per heavy atom. The van der Waals surface area contributed by atoms with Gasteiger partial charge in [-0.05, 0) is 50.2 Å². The molecular formula is C20H30N2O3. The first-order valence-corrected chi connectivity index (χ1v) is 9.45. The van der Waals surface area contributed by atoms with E-state index in [1.54, 1.807) is 0 Å². The van der Waals surface area contributed by atoms with Crippen LogP contribution in [0, 0.1) is 5.92 Å². The van der Waals surface area contributed by atoms with E-state index in [0.717, 1.165) is 32.1 Å². The second kappa shape index (κ2) is 8.30. The molecule has 1 amide bonds. The minimum atomic E-state index is -0.553. The molecule has 1 heterocycles. The van der Waals surface area contributed by atoms with Gasteiger partial charge in [0.25, 0.3) is 0 Å². The van der Waals surface area contributed by atoms with E-state index in [2.05, 4.69) is 36.1 Å². The number of amides is 1. The van der Waals surface area contributed by atoms with Crippen LogP contribution in [0.2, 0.25) is 0 Å². The molecule has 1 aliphatic heterocycles. The number of hydrogen-bond donors (Lipinski definition) is 2. The largest absolute Gasteiger partial charge is 0.389 e. The van der Waals surface area contributed by atoms with Crippen molar-refractivity contribution in [3.8, 4) is 0 Å². The van der Waals surface area contributed by atoms with Gasteiger partial charge in [-0.2, -0.15) is 0 Å². The molecule has 0 bridgehead atoms. The van der Waals surface area contributed by atoms with Crippen molar-refractivity contribution in [3.63, 3.8) is 0 Å². The van der Waals surface area contributed by atoms with Crippen molar-refractivity contribution in [3.05, 3.63) is 35.4 Å². The van der Waals surface area contributed by atoms with Crippen LogP contribution in [0.3, 0.4) is 0 Å². The fourth-order valence-corrected chi connectivity index (χ4v) is 4.10. The summed E-state index contributed by atoms with van der Waals surface area (Å²) in [4.78, 5) is 13.6. The number of β-amino-alcohol motifs (C(OH)–C–C–N with tert-alkyl or cyclic N) is 1. The Balaban J connectivity index is 1.51. The number of likely N-dealkylation sites (tertiary alicyclic amines) is 1. The highest BCUT2D eigenvalue weighted by molar-refractivity contribution is 5.76. The number of primary amides is 1. The van der Waals surface area contributed by atoms with E-state index < -0.39 is 6.10 Å². The molecule has 3 rings (SSSR count). The Hall–Kier alpha value is -1.43. The average Bonchev–Trinajstić information content (AvgIpc) is 2.61. The number of nitrogens with two attached hydrogens (primary N) is 1. The minimum absolute atomic E-state index is 0.0803. The van der Waals surface area contributed by atoms with Gasteiger partial charge in [-0.25, -0.2) is 0 Å². The lowest BCUT2D eigenvalue weighted by atomic mass is 9.89. The zero-order valence-electron chi connectivity index (χ0n) is 15.1. The summed E-state index contributed by atoms with van der Waals surface area (Å²) < 4.78 is 6.05. The lowest BCUT2D eigenvalue weighted by Gasteiger charge is -2.38. The van der Waals surface area contributed by atoms with Crippen LogP contribution in [0.4, 0.5) is 0 Å². The van der Waals surface area contributed by atoms with E-state index in [0.29, 0.717) is 25.7 Å². The normalized spacial score (nSPS) is 28.3. The molecule has 3 N–H and O–H groups in total. The molecule has 2 aliphatic rings. The van der Waals surface area contributed by atoms with Gasteiger partial charge in [-0.15, -0.1) is 0 Å². The Morgan fingerprint density at radius 2 is 2.16 bits per heavy atom. The van der Waals surface area contributed by atoms with Gasteiger partial charge in [-0.3, -0.25) is 9.69 Å². The van der Waals surface area contributed by atoms with Gasteiger partial charge in [0.15, 0.2) is 0 Å². The third kappa shape index (κ3) is 4.60. The number of piperidine rings is 1. The zero-order chi connectivity index (χ0) is 17.8. The first kappa shape index (κ1) is 18.4. The molecule has 138 valence electrons. The molecule has 0 radical (unpaired) electrons. The maximum absolute atomic E-state index is 11.4. The monoisotopic (exact) mass is 346 g/mol. The fourth-order valence-electron chi connectivity index (χ4n) is 4.10. The van der Waals surface area contributed by atoms with E-state index in [1.165, 1.54) is 11.1 Å². The summed E-state index contributed by atoms with van der Waals surface area (Å²) in [6.07, 6.45) is 4.56. The Labute approximate surface area is 150 Å². The van der Waals surface area contributed by atoms with Crippen molar-refractivity contribution in [2.45, 2.75) is 57.3 Å². The summed E-state index contributed by atoms with van der Waals surface area (Å²) >= 11 is 0. The number of nitrogens with zero attached hydrogens (tertiary/aromatic N) is 1. The quantitative estimate of drug-likeness (QED) is 0.826. The first-order chi connectivity index (χ1) is 12.0. The number of ether oxygens (including phenoxy) is 1. The van der Waals surface area contributed by atoms with Gasteiger partial charge in [0.1, 0.15) is 0 Å². The molecule has 4 atom stereocenters. The summed E-state index contributed by atoms with van der Waals surface area (Å²) in [5.74, 6) is -0.337. The summed E-state index contributed by atoms with van der Waals surface area (Å²) in [6, 6.07) is 8.79. The lowest BCUT2D eigenvalue weighted by Crippen LogP contribution is -2.49. The van der Waals surface area contributed by atoms with Crippen LogP contribution >= 0.6 is 0 Å². The Bertz CT molecular complexity index is 592. The van der Waals surface area contributed by atoms with E-state index in [1.807, 2.05) is 0 Å². The van der Waals surface area contributed by atoms with Crippen LogP contribution in [-0.2, 0) is 16.0 Å². The third-order valence-electron chi connectivity index (χ3n) is 5.66. The van der Waals surface area contributed by atoms with Crippen LogP contribution in [0.1, 0.15) is 49.8 Å². The lowest BCUT2D eigenvalue weighted by molar-refractivity contribution is -0.124. The first-order valence-electron chi connectivity index (χ1n) is 9.45. The van der Waals surface area contributed by atoms with E-state index in [-0.39, 0.29) is 17.9 Å². The molecule has 0 aromatic heterocycles. The highest BCUT2D eigenvalue weighted by Crippen LogP contribution is 2.32. The van der Waals surface area contributed by atoms with Crippen molar-refractivity contribution < 1.29 is 14.6 Å². The molecule has 0 saturated carbocycles. The van der Waals surface area contributed by atoms with Crippen LogP contribution in [0.15, 0.2) is 24.3 Å². The maximum atomic E-state index is 11.4. The van der Waals surface area contributed by atoms with Gasteiger partial charge in [0.05, 0.1) is 24.7 Å². The van der Waals surface area contributed by atoms with Crippen LogP contribution in [0.5, 0.6) is 0 Å². The molecule has 0 spiro atoms. The number of fused-ring (bicyclic) bond motifs is 1. The Morgan fingerprint density at radius 3 is 2.96 bits per heavy atom. The van der Waals surface area contributed by atoms with E-state index in [4.69, 9.17) is 10.5 Å². The predicted molar refractivity (Wildman–Crippen MR) is 97.0 cm³/mol. The van der Waals surface area contributed by atoms with Gasteiger partial charge >= 0.3 is 0 Å². The molecule has 1 aliphatic carbocycles. The van der Waals surface area contributed by atoms with Crippen molar-refractivity contribution in [1.29, 1.82) is 0 Å². The molecule has 25 heavy (non-hydrogen) atoms. The highest BCUT2D eigenvalue weighted by atomic mass is 16.5. The maximum Gasteiger partial charge on any atom is 0.221 e. The molecular weight excluding hydrogens is 316 g/mol. The van der Waals surface area contributed by atoms with Gasteiger partial charge in [0, 0.05) is 19.1 Å². The van der Waals surface area contributed by atoms with Gasteiger partial charge < -0.3 is 15.6 Å². The average molecular weight is 346 g/mol. The Kier molecular flexibility index (Phi) is 6.10. The van der Waals surface area contributed by atoms with Crippen molar-refractivity contribution >= 4 is 5.91 Å². The fraction of sp³-hybridized carbons (Fsp3) is 0.650. The van der Waals surface area contributed by atoms with Crippen LogP contribution < -0.4 is 5.73 Å². The number of benzene rings is 1. The number of hydrogen-bond acceptors (Lipinski definition) is 4. The third-order valence-corrected chi connectivity index (χ3v) is 5.66. The zero-order valence-corrected chi connectivity index (χ0v) is 15.1. The molecule has 1 fully saturated rings. The van der Waals surface area contributed by atoms with Crippen molar-refractivity contribution in [1.82, 2.24) is 4.90 Å². The SMILES string of the molecule is CC1CCC(C(N)=O)CN1CC(O)COC1CCCc2ccccc21. The molecule has 1 aromatic rings. The van der Waals surface area contributed by atoms with E-state index >= 15 is 0 Å². The number of rotatable bonds is 6. The standard InChI is InChI=1S/C20H30N2O3/c1-14-9-10-16(20(21)24)11-22(14)12-17(23)13-25-19-8-4-6-15-5-2-3-7-18(15)19/h2-3,5,7,14,16-17,19,23H,4,6,8-13H2,1H3,(H2,21,24). The van der Waals surface area contributed by atoms with Crippen LogP contribution in [-0.4, -0.2) is 47.8 Å². The summed E-state index contributed by atoms with van der Waals surface area (Å²) in [5, 5.41) is 10.4. The molecule has 4 unspecified atom stereocenters. The summed E-state index contributed by atoms with van der Waals surface area (Å²) in [5.41, 5.74) is 8.08. The minimum Gasteiger partial charge on any atom is -0.389 e. The number of aryl methyl sites for hydroxylation is 1. The van der Waals surface area contributed by atoms with Crippen molar-refractivity contribution in [2.75, 3.05) is 19.7 Å². The second-order valence-corrected chi connectivity index (χ2v) is 7.55. The smallest absolute Gasteiger partial charge is 0.221 e. The van der Waals surface area contributed by atoms with Gasteiger partial charge in [0.2, 0.25) is 5.91 Å². The summed E-state index contributed by atoms with van der Waals surface area (Å²) in [7, 11) is 0. The topological polar surface area (TPSA) is 75.8 Å². The number of aliphatic hydroxyl groups excluding tert-OH is 1. The van der Waals surface area contributed by atoms with Crippen molar-refractivity contribution in [2.24, 2.45) is 11.7 Å². The summed E-state index contributed by atoms with van der Waals surface area (Å²) in [6.45, 7) is 3.63.